The maximum absolute atomic E-state index is 12.5. The van der Waals surface area contributed by atoms with Crippen molar-refractivity contribution in [2.75, 3.05) is 0 Å². The average Bonchev–Trinajstić information content (AvgIpc) is 2.37. The van der Waals surface area contributed by atoms with Gasteiger partial charge in [0.15, 0.2) is 5.78 Å². The van der Waals surface area contributed by atoms with Crippen LogP contribution in [0.2, 0.25) is 0 Å². The summed E-state index contributed by atoms with van der Waals surface area (Å²) in [6, 6.07) is 6.22. The van der Waals surface area contributed by atoms with E-state index in [9.17, 15) is 4.79 Å². The van der Waals surface area contributed by atoms with E-state index in [4.69, 9.17) is 0 Å². The summed E-state index contributed by atoms with van der Waals surface area (Å²) in [5.74, 6) is 0.297. The van der Waals surface area contributed by atoms with Gasteiger partial charge in [-0.2, -0.15) is 0 Å². The van der Waals surface area contributed by atoms with Gasteiger partial charge < -0.3 is 0 Å². The quantitative estimate of drug-likeness (QED) is 0.550. The highest BCUT2D eigenvalue weighted by molar-refractivity contribution is 7.19. The van der Waals surface area contributed by atoms with Crippen LogP contribution >= 0.6 is 9.24 Å². The van der Waals surface area contributed by atoms with Crippen molar-refractivity contribution < 1.29 is 4.79 Å². The minimum Gasteiger partial charge on any atom is -0.293 e. The maximum atomic E-state index is 12.5. The lowest BCUT2D eigenvalue weighted by molar-refractivity contribution is 0.0984. The minimum atomic E-state index is 0.0676. The molecule has 0 spiro atoms. The van der Waals surface area contributed by atoms with Gasteiger partial charge in [-0.3, -0.25) is 4.79 Å². The Balaban J connectivity index is 3.13. The zero-order valence-corrected chi connectivity index (χ0v) is 12.3. The van der Waals surface area contributed by atoms with E-state index in [1.807, 2.05) is 0 Å². The molecule has 0 fully saturated rings. The summed E-state index contributed by atoms with van der Waals surface area (Å²) in [6.45, 7) is 6.35. The number of benzene rings is 1. The molecule has 0 radical (unpaired) electrons. The average molecular weight is 250 g/mol. The van der Waals surface area contributed by atoms with Crippen molar-refractivity contribution in [1.29, 1.82) is 0 Å². The zero-order valence-electron chi connectivity index (χ0n) is 11.1. The van der Waals surface area contributed by atoms with Crippen molar-refractivity contribution in [1.82, 2.24) is 0 Å². The molecule has 0 aliphatic carbocycles. The number of aryl methyl sites for hydroxylation is 2. The molecule has 1 aromatic rings. The summed E-state index contributed by atoms with van der Waals surface area (Å²) >= 11 is 0. The van der Waals surface area contributed by atoms with Crippen molar-refractivity contribution >= 4 is 15.0 Å². The summed E-state index contributed by atoms with van der Waals surface area (Å²) in [5, 5.41) is 0. The molecule has 0 heterocycles. The Kier molecular flexibility index (Phi) is 5.85. The minimum absolute atomic E-state index is 0.0676. The Bertz CT molecular complexity index is 362. The third-order valence-electron chi connectivity index (χ3n) is 3.18. The number of hydrogen-bond acceptors (Lipinski definition) is 1. The number of carbonyl (C=O) groups excluding carboxylic acids is 1. The fourth-order valence-electron chi connectivity index (χ4n) is 2.19. The van der Waals surface area contributed by atoms with E-state index in [1.54, 1.807) is 0 Å². The van der Waals surface area contributed by atoms with Gasteiger partial charge in [-0.25, -0.2) is 0 Å². The molecule has 0 saturated heterocycles. The van der Waals surface area contributed by atoms with Gasteiger partial charge in [0.05, 0.1) is 0 Å². The lowest BCUT2D eigenvalue weighted by atomic mass is 9.92. The van der Waals surface area contributed by atoms with Gasteiger partial charge in [0.2, 0.25) is 0 Å². The van der Waals surface area contributed by atoms with Crippen LogP contribution in [0.3, 0.4) is 0 Å². The molecule has 1 rings (SSSR count). The molecular weight excluding hydrogens is 227 g/mol. The van der Waals surface area contributed by atoms with E-state index >= 15 is 0 Å². The summed E-state index contributed by atoms with van der Waals surface area (Å²) < 4.78 is 0. The van der Waals surface area contributed by atoms with E-state index in [-0.39, 0.29) is 5.66 Å². The van der Waals surface area contributed by atoms with Crippen molar-refractivity contribution in [2.24, 2.45) is 0 Å². The van der Waals surface area contributed by atoms with Gasteiger partial charge >= 0.3 is 0 Å². The van der Waals surface area contributed by atoms with Gasteiger partial charge in [0, 0.05) is 11.2 Å². The van der Waals surface area contributed by atoms with Gasteiger partial charge in [-0.15, -0.1) is 9.24 Å². The zero-order chi connectivity index (χ0) is 12.8. The first kappa shape index (κ1) is 14.4. The Morgan fingerprint density at radius 2 is 1.71 bits per heavy atom. The van der Waals surface area contributed by atoms with Gasteiger partial charge in [0.25, 0.3) is 0 Å². The molecule has 0 N–H and O–H groups in total. The second kappa shape index (κ2) is 6.91. The predicted molar refractivity (Wildman–Crippen MR) is 77.9 cm³/mol. The van der Waals surface area contributed by atoms with Crippen LogP contribution in [-0.2, 0) is 12.8 Å². The summed E-state index contributed by atoms with van der Waals surface area (Å²) in [4.78, 5) is 12.5. The third kappa shape index (κ3) is 3.39. The van der Waals surface area contributed by atoms with Crippen molar-refractivity contribution in [3.8, 4) is 0 Å². The Morgan fingerprint density at radius 3 is 2.12 bits per heavy atom. The van der Waals surface area contributed by atoms with Gasteiger partial charge in [-0.05, 0) is 30.4 Å². The molecular formula is C15H23OP. The Hall–Kier alpha value is -0.680. The van der Waals surface area contributed by atoms with E-state index in [2.05, 4.69) is 48.2 Å². The molecule has 0 aliphatic heterocycles. The molecule has 0 bridgehead atoms. The van der Waals surface area contributed by atoms with Crippen LogP contribution in [-0.4, -0.2) is 11.4 Å². The second-order valence-corrected chi connectivity index (χ2v) is 5.22. The fraction of sp³-hybridized carbons (Fsp3) is 0.533. The van der Waals surface area contributed by atoms with Crippen LogP contribution in [0.1, 0.15) is 55.1 Å². The monoisotopic (exact) mass is 250 g/mol. The van der Waals surface area contributed by atoms with Crippen LogP contribution in [0.15, 0.2) is 18.2 Å². The summed E-state index contributed by atoms with van der Waals surface area (Å²) in [6.07, 6.45) is 3.86. The molecule has 1 nitrogen and oxygen atoms in total. The number of rotatable bonds is 6. The number of hydrogen-bond donors (Lipinski definition) is 0. The standard InChI is InChI=1S/C15H23OP/c1-4-8-13(17)15(16)14-11(5-2)9-7-10-12(14)6-3/h7,9-10,13H,4-6,8,17H2,1-3H3. The molecule has 1 aromatic carbocycles. The molecule has 2 atom stereocenters. The topological polar surface area (TPSA) is 17.1 Å². The van der Waals surface area contributed by atoms with Crippen molar-refractivity contribution in [2.45, 2.75) is 52.1 Å². The van der Waals surface area contributed by atoms with Crippen LogP contribution in [0.5, 0.6) is 0 Å². The summed E-state index contributed by atoms with van der Waals surface area (Å²) in [7, 11) is 2.70. The molecule has 0 saturated carbocycles. The molecule has 0 aromatic heterocycles. The SMILES string of the molecule is CCCC(P)C(=O)c1c(CC)cccc1CC. The highest BCUT2D eigenvalue weighted by atomic mass is 31.0. The molecule has 94 valence electrons. The molecule has 17 heavy (non-hydrogen) atoms. The van der Waals surface area contributed by atoms with E-state index in [1.165, 1.54) is 11.1 Å². The molecule has 2 unspecified atom stereocenters. The van der Waals surface area contributed by atoms with Gasteiger partial charge in [-0.1, -0.05) is 45.4 Å². The number of carbonyl (C=O) groups is 1. The van der Waals surface area contributed by atoms with Crippen molar-refractivity contribution in [3.63, 3.8) is 0 Å². The highest BCUT2D eigenvalue weighted by Gasteiger charge is 2.19. The van der Waals surface area contributed by atoms with Crippen LogP contribution in [0, 0.1) is 0 Å². The number of Topliss-reactive ketones (excluding diaryl/α,β-unsaturated/α-hetero) is 1. The van der Waals surface area contributed by atoms with E-state index < -0.39 is 0 Å². The Labute approximate surface area is 107 Å². The maximum Gasteiger partial charge on any atom is 0.170 e. The van der Waals surface area contributed by atoms with Crippen molar-refractivity contribution in [3.05, 3.63) is 34.9 Å². The van der Waals surface area contributed by atoms with Gasteiger partial charge in [0.1, 0.15) is 0 Å². The lowest BCUT2D eigenvalue weighted by Gasteiger charge is -2.15. The smallest absolute Gasteiger partial charge is 0.170 e. The number of ketones is 1. The van der Waals surface area contributed by atoms with Crippen LogP contribution in [0.25, 0.3) is 0 Å². The molecule has 0 aliphatic rings. The molecule has 0 amide bonds. The first-order chi connectivity index (χ1) is 8.15. The Morgan fingerprint density at radius 1 is 1.18 bits per heavy atom. The fourth-order valence-corrected chi connectivity index (χ4v) is 2.69. The van der Waals surface area contributed by atoms with Crippen LogP contribution < -0.4 is 0 Å². The highest BCUT2D eigenvalue weighted by Crippen LogP contribution is 2.23. The second-order valence-electron chi connectivity index (χ2n) is 4.42. The van der Waals surface area contributed by atoms with E-state index in [0.29, 0.717) is 5.78 Å². The normalized spacial score (nSPS) is 12.5. The predicted octanol–water partition coefficient (Wildman–Crippen LogP) is 4.04. The third-order valence-corrected chi connectivity index (χ3v) is 3.82. The largest absolute Gasteiger partial charge is 0.293 e. The van der Waals surface area contributed by atoms with E-state index in [0.717, 1.165) is 31.2 Å². The summed E-state index contributed by atoms with van der Waals surface area (Å²) in [5.41, 5.74) is 3.43. The first-order valence-corrected chi connectivity index (χ1v) is 7.22. The molecule has 2 heteroatoms. The lowest BCUT2D eigenvalue weighted by Crippen LogP contribution is -2.18. The first-order valence-electron chi connectivity index (χ1n) is 6.56. The van der Waals surface area contributed by atoms with Crippen LogP contribution in [0.4, 0.5) is 0 Å².